The lowest BCUT2D eigenvalue weighted by atomic mass is 9.86. The highest BCUT2D eigenvalue weighted by molar-refractivity contribution is 6.35. The number of pyridine rings is 1. The van der Waals surface area contributed by atoms with Crippen molar-refractivity contribution in [2.45, 2.75) is 63.5 Å². The van der Waals surface area contributed by atoms with Crippen LogP contribution in [0.2, 0.25) is 10.0 Å². The molecule has 0 radical (unpaired) electrons. The third-order valence-corrected chi connectivity index (χ3v) is 11.0. The number of halogens is 4. The Morgan fingerprint density at radius 3 is 2.35 bits per heavy atom. The summed E-state index contributed by atoms with van der Waals surface area (Å²) in [5.74, 6) is -1.09. The predicted octanol–water partition coefficient (Wildman–Crippen LogP) is 8.09. The van der Waals surface area contributed by atoms with Crippen molar-refractivity contribution in [3.8, 4) is 17.2 Å². The van der Waals surface area contributed by atoms with Crippen LogP contribution in [0.4, 0.5) is 8.78 Å². The molecule has 290 valence electrons. The fourth-order valence-corrected chi connectivity index (χ4v) is 7.64. The second-order valence-electron chi connectivity index (χ2n) is 14.2. The largest absolute Gasteiger partial charge is 0.507 e. The second kappa shape index (κ2) is 17.5. The first-order valence-corrected chi connectivity index (χ1v) is 19.1. The van der Waals surface area contributed by atoms with E-state index < -0.39 is 30.7 Å². The molecule has 3 saturated heterocycles. The molecule has 3 aliphatic heterocycles. The average Bonchev–Trinajstić information content (AvgIpc) is 4.02. The molecule has 1 aromatic heterocycles. The molecule has 0 spiro atoms. The van der Waals surface area contributed by atoms with E-state index >= 15 is 0 Å². The lowest BCUT2D eigenvalue weighted by Gasteiger charge is -2.44. The number of carbonyl (C=O) groups is 2. The van der Waals surface area contributed by atoms with Crippen molar-refractivity contribution in [2.75, 3.05) is 26.2 Å². The Hall–Kier alpha value is -4.49. The zero-order valence-corrected chi connectivity index (χ0v) is 31.4. The van der Waals surface area contributed by atoms with Crippen LogP contribution in [0.5, 0.6) is 17.2 Å². The maximum atomic E-state index is 13.9. The fraction of sp³-hybridized carbons (Fsp3) is 0.390. The molecule has 1 saturated carbocycles. The Kier molecular flexibility index (Phi) is 12.4. The summed E-state index contributed by atoms with van der Waals surface area (Å²) in [6, 6.07) is 17.3. The van der Waals surface area contributed by atoms with Crippen LogP contribution >= 0.6 is 23.2 Å². The molecule has 3 atom stereocenters. The first kappa shape index (κ1) is 38.8. The summed E-state index contributed by atoms with van der Waals surface area (Å²) in [5, 5.41) is 15.1. The Balaban J connectivity index is 1.12. The van der Waals surface area contributed by atoms with Crippen LogP contribution in [-0.4, -0.2) is 65.9 Å². The number of aromatic hydroxyl groups is 1. The Morgan fingerprint density at radius 1 is 0.927 bits per heavy atom. The number of nitrogens with zero attached hydrogens (tertiary/aromatic N) is 2. The van der Waals surface area contributed by atoms with Gasteiger partial charge in [0.1, 0.15) is 29.6 Å². The van der Waals surface area contributed by atoms with Gasteiger partial charge in [0.25, 0.3) is 0 Å². The van der Waals surface area contributed by atoms with E-state index in [9.17, 15) is 23.5 Å². The topological polar surface area (TPSA) is 119 Å². The predicted molar refractivity (Wildman–Crippen MR) is 201 cm³/mol. The second-order valence-corrected chi connectivity index (χ2v) is 15.0. The number of hydrogen-bond acceptors (Lipinski definition) is 10. The average molecular weight is 797 g/mol. The van der Waals surface area contributed by atoms with Crippen LogP contribution in [-0.2, 0) is 27.2 Å². The van der Waals surface area contributed by atoms with Gasteiger partial charge in [-0.05, 0) is 85.5 Å². The summed E-state index contributed by atoms with van der Waals surface area (Å²) < 4.78 is 49.3. The van der Waals surface area contributed by atoms with E-state index in [0.717, 1.165) is 38.8 Å². The molecule has 4 fully saturated rings. The number of piperidine rings is 3. The van der Waals surface area contributed by atoms with Crippen LogP contribution in [0.15, 0.2) is 79.1 Å². The van der Waals surface area contributed by atoms with Gasteiger partial charge in [0, 0.05) is 37.5 Å². The van der Waals surface area contributed by atoms with Crippen molar-refractivity contribution in [1.29, 1.82) is 0 Å². The molecule has 2 bridgehead atoms. The number of fused-ring (bicyclic) bond motifs is 3. The van der Waals surface area contributed by atoms with Crippen LogP contribution < -0.4 is 14.8 Å². The first-order valence-electron chi connectivity index (χ1n) is 18.4. The molecule has 1 aliphatic carbocycles. The monoisotopic (exact) mass is 795 g/mol. The van der Waals surface area contributed by atoms with Gasteiger partial charge in [-0.25, -0.2) is 9.59 Å². The summed E-state index contributed by atoms with van der Waals surface area (Å²) in [4.78, 5) is 33.9. The van der Waals surface area contributed by atoms with Crippen molar-refractivity contribution < 1.29 is 42.4 Å². The van der Waals surface area contributed by atoms with Crippen molar-refractivity contribution in [2.24, 2.45) is 11.8 Å². The molecule has 55 heavy (non-hydrogen) atoms. The molecule has 3 aromatic carbocycles. The maximum absolute atomic E-state index is 13.9. The Morgan fingerprint density at radius 2 is 1.67 bits per heavy atom. The van der Waals surface area contributed by atoms with Gasteiger partial charge in [0.15, 0.2) is 11.5 Å². The van der Waals surface area contributed by atoms with E-state index in [2.05, 4.69) is 15.2 Å². The highest BCUT2D eigenvalue weighted by Gasteiger charge is 2.38. The minimum atomic E-state index is -3.08. The van der Waals surface area contributed by atoms with Gasteiger partial charge in [-0.15, -0.1) is 0 Å². The molecule has 14 heteroatoms. The van der Waals surface area contributed by atoms with Gasteiger partial charge in [0.2, 0.25) is 0 Å². The number of hydrogen-bond donors (Lipinski definition) is 2. The molecule has 8 rings (SSSR count). The number of phenolic OH excluding ortho intramolecular Hbond substituents is 1. The van der Waals surface area contributed by atoms with E-state index in [1.807, 2.05) is 30.3 Å². The minimum Gasteiger partial charge on any atom is -0.507 e. The number of ether oxygens (including phenoxy) is 4. The lowest BCUT2D eigenvalue weighted by Crippen LogP contribution is -2.52. The van der Waals surface area contributed by atoms with Crippen LogP contribution in [0.3, 0.4) is 0 Å². The zero-order chi connectivity index (χ0) is 38.5. The van der Waals surface area contributed by atoms with Crippen molar-refractivity contribution in [3.63, 3.8) is 0 Å². The number of esters is 2. The summed E-state index contributed by atoms with van der Waals surface area (Å²) in [6.07, 6.45) is 5.47. The third-order valence-electron chi connectivity index (χ3n) is 10.4. The molecule has 10 nitrogen and oxygen atoms in total. The van der Waals surface area contributed by atoms with E-state index in [1.165, 1.54) is 36.7 Å². The van der Waals surface area contributed by atoms with E-state index in [4.69, 9.17) is 42.1 Å². The highest BCUT2D eigenvalue weighted by Crippen LogP contribution is 2.39. The number of alkyl halides is 2. The Bertz CT molecular complexity index is 1960. The number of benzene rings is 3. The van der Waals surface area contributed by atoms with Gasteiger partial charge >= 0.3 is 18.6 Å². The first-order chi connectivity index (χ1) is 26.6. The molecular weight excluding hydrogens is 755 g/mol. The SMILES string of the molecule is O=C(O[C@@H](Cc1c(Cl)cncc1Cl)c1ccc(OC(F)F)c(OCC2CC2)c1)c1cccc(CNC(C(=O)O[C@H]2CN3CCC2CC3)c2ccccc2)c1O. The Labute approximate surface area is 327 Å². The minimum absolute atomic E-state index is 0.0147. The van der Waals surface area contributed by atoms with Crippen molar-refractivity contribution in [3.05, 3.63) is 117 Å². The smallest absolute Gasteiger partial charge is 0.387 e. The van der Waals surface area contributed by atoms with E-state index in [0.29, 0.717) is 47.2 Å². The van der Waals surface area contributed by atoms with Gasteiger partial charge < -0.3 is 24.1 Å². The molecule has 0 amide bonds. The third kappa shape index (κ3) is 9.67. The van der Waals surface area contributed by atoms with E-state index in [1.54, 1.807) is 12.1 Å². The van der Waals surface area contributed by atoms with E-state index in [-0.39, 0.29) is 51.9 Å². The summed E-state index contributed by atoms with van der Waals surface area (Å²) in [7, 11) is 0. The normalized spacial score (nSPS) is 20.1. The molecule has 4 aromatic rings. The van der Waals surface area contributed by atoms with Crippen molar-refractivity contribution in [1.82, 2.24) is 15.2 Å². The van der Waals surface area contributed by atoms with Gasteiger partial charge in [-0.1, -0.05) is 71.7 Å². The molecular formula is C41H41Cl2F2N3O7. The molecule has 4 aliphatic rings. The molecule has 4 heterocycles. The number of rotatable bonds is 16. The van der Waals surface area contributed by atoms with Crippen LogP contribution in [0.1, 0.15) is 70.4 Å². The highest BCUT2D eigenvalue weighted by atomic mass is 35.5. The summed E-state index contributed by atoms with van der Waals surface area (Å²) >= 11 is 12.9. The van der Waals surface area contributed by atoms with Crippen LogP contribution in [0, 0.1) is 11.8 Å². The summed E-state index contributed by atoms with van der Waals surface area (Å²) in [6.45, 7) is -0.0109. The van der Waals surface area contributed by atoms with Gasteiger partial charge in [-0.3, -0.25) is 15.2 Å². The van der Waals surface area contributed by atoms with Crippen LogP contribution in [0.25, 0.3) is 0 Å². The van der Waals surface area contributed by atoms with Gasteiger partial charge in [0.05, 0.1) is 16.7 Å². The standard InChI is InChI=1S/C41H41Cl2F2N3O7/c42-31-20-46-21-32(43)30(31)18-34(27-11-12-33(55-41(44)45)35(17-27)52-23-24-9-10-24)53-39(50)29-8-4-7-28(38(29)49)19-47-37(26-5-2-1-3-6-26)40(51)54-36-22-48-15-13-25(36)14-16-48/h1-8,11-12,17,20-21,24-25,34,36-37,41,47,49H,9-10,13-16,18-19,22-23H2/t34-,36-,37?/m0/s1. The summed E-state index contributed by atoms with van der Waals surface area (Å²) in [5.41, 5.74) is 1.72. The molecule has 1 unspecified atom stereocenters. The fourth-order valence-electron chi connectivity index (χ4n) is 7.12. The number of nitrogens with one attached hydrogen (secondary N) is 1. The maximum Gasteiger partial charge on any atom is 0.387 e. The lowest BCUT2D eigenvalue weighted by molar-refractivity contribution is -0.161. The van der Waals surface area contributed by atoms with Crippen molar-refractivity contribution >= 4 is 35.1 Å². The quantitative estimate of drug-likeness (QED) is 0.108. The number of phenols is 1. The number of aromatic nitrogens is 1. The number of para-hydroxylation sites is 1. The number of carbonyl (C=O) groups excluding carboxylic acids is 2. The molecule has 2 N–H and O–H groups in total. The van der Waals surface area contributed by atoms with Gasteiger partial charge in [-0.2, -0.15) is 8.78 Å². The zero-order valence-electron chi connectivity index (χ0n) is 29.8.